The van der Waals surface area contributed by atoms with E-state index in [2.05, 4.69) is 29.0 Å². The molecule has 0 bridgehead atoms. The van der Waals surface area contributed by atoms with E-state index in [-0.39, 0.29) is 6.61 Å². The number of nitrogens with zero attached hydrogens (tertiary/aromatic N) is 3. The minimum atomic E-state index is 0.254. The fraction of sp³-hybridized carbons (Fsp3) is 0.211. The molecule has 0 aliphatic rings. The summed E-state index contributed by atoms with van der Waals surface area (Å²) in [5, 5.41) is 5.07. The molecule has 6 nitrogen and oxygen atoms in total. The van der Waals surface area contributed by atoms with Crippen LogP contribution >= 0.6 is 11.3 Å². The van der Waals surface area contributed by atoms with Crippen molar-refractivity contribution >= 4 is 21.6 Å². The van der Waals surface area contributed by atoms with Crippen molar-refractivity contribution in [2.75, 3.05) is 7.11 Å². The molecule has 0 amide bonds. The highest BCUT2D eigenvalue weighted by Crippen LogP contribution is 2.34. The number of methoxy groups -OCH3 is 1. The number of hydrogen-bond acceptors (Lipinski definition) is 7. The first-order valence-electron chi connectivity index (χ1n) is 8.09. The number of hydrogen-bond donors (Lipinski definition) is 0. The molecule has 4 rings (SSSR count). The van der Waals surface area contributed by atoms with Gasteiger partial charge in [0.1, 0.15) is 22.6 Å². The maximum atomic E-state index is 5.89. The molecular formula is C19H17N3O3S. The van der Waals surface area contributed by atoms with E-state index >= 15 is 0 Å². The molecule has 26 heavy (non-hydrogen) atoms. The minimum Gasteiger partial charge on any atom is -0.497 e. The van der Waals surface area contributed by atoms with Gasteiger partial charge in [-0.2, -0.15) is 0 Å². The second-order valence-electron chi connectivity index (χ2n) is 5.84. The standard InChI is InChI=1S/C19H17N3O3S/c1-11-12(2)26-19-17(11)18(20-10-21-19)24-9-15-8-16(22-25-15)13-4-6-14(23-3)7-5-13/h4-8,10H,9H2,1-3H3. The van der Waals surface area contributed by atoms with Gasteiger partial charge in [0, 0.05) is 16.5 Å². The smallest absolute Gasteiger partial charge is 0.226 e. The van der Waals surface area contributed by atoms with Gasteiger partial charge in [-0.3, -0.25) is 0 Å². The number of rotatable bonds is 5. The Labute approximate surface area is 154 Å². The van der Waals surface area contributed by atoms with Crippen LogP contribution in [0.1, 0.15) is 16.2 Å². The zero-order chi connectivity index (χ0) is 18.1. The zero-order valence-corrected chi connectivity index (χ0v) is 15.5. The van der Waals surface area contributed by atoms with E-state index in [9.17, 15) is 0 Å². The highest BCUT2D eigenvalue weighted by Gasteiger charge is 2.14. The topological polar surface area (TPSA) is 70.3 Å². The third kappa shape index (κ3) is 3.01. The highest BCUT2D eigenvalue weighted by molar-refractivity contribution is 7.18. The molecule has 4 aromatic rings. The van der Waals surface area contributed by atoms with Gasteiger partial charge < -0.3 is 14.0 Å². The second kappa shape index (κ2) is 6.76. The Morgan fingerprint density at radius 1 is 1.12 bits per heavy atom. The fourth-order valence-corrected chi connectivity index (χ4v) is 3.67. The molecule has 0 saturated carbocycles. The Kier molecular flexibility index (Phi) is 4.30. The summed E-state index contributed by atoms with van der Waals surface area (Å²) in [6.07, 6.45) is 1.52. The van der Waals surface area contributed by atoms with Gasteiger partial charge in [-0.25, -0.2) is 9.97 Å². The van der Waals surface area contributed by atoms with Crippen LogP contribution in [0, 0.1) is 13.8 Å². The summed E-state index contributed by atoms with van der Waals surface area (Å²) in [7, 11) is 1.64. The lowest BCUT2D eigenvalue weighted by atomic mass is 10.1. The van der Waals surface area contributed by atoms with Crippen LogP contribution in [-0.4, -0.2) is 22.2 Å². The molecule has 0 N–H and O–H groups in total. The zero-order valence-electron chi connectivity index (χ0n) is 14.6. The number of thiophene rings is 1. The van der Waals surface area contributed by atoms with Gasteiger partial charge >= 0.3 is 0 Å². The normalized spacial score (nSPS) is 11.0. The lowest BCUT2D eigenvalue weighted by Gasteiger charge is -2.04. The van der Waals surface area contributed by atoms with Gasteiger partial charge in [0.15, 0.2) is 12.4 Å². The Balaban J connectivity index is 1.53. The summed E-state index contributed by atoms with van der Waals surface area (Å²) in [6.45, 7) is 4.38. The van der Waals surface area contributed by atoms with Crippen molar-refractivity contribution in [1.29, 1.82) is 0 Å². The van der Waals surface area contributed by atoms with Crippen molar-refractivity contribution in [3.05, 3.63) is 52.9 Å². The maximum Gasteiger partial charge on any atom is 0.226 e. The summed E-state index contributed by atoms with van der Waals surface area (Å²) in [5.41, 5.74) is 2.85. The van der Waals surface area contributed by atoms with Crippen LogP contribution in [0.3, 0.4) is 0 Å². The molecule has 0 spiro atoms. The molecule has 132 valence electrons. The number of benzene rings is 1. The van der Waals surface area contributed by atoms with E-state index in [0.29, 0.717) is 11.6 Å². The quantitative estimate of drug-likeness (QED) is 0.515. The molecule has 0 fully saturated rings. The molecule has 0 atom stereocenters. The third-order valence-electron chi connectivity index (χ3n) is 4.23. The van der Waals surface area contributed by atoms with E-state index in [1.54, 1.807) is 18.4 Å². The van der Waals surface area contributed by atoms with Gasteiger partial charge in [-0.05, 0) is 43.7 Å². The molecule has 0 saturated heterocycles. The Morgan fingerprint density at radius 2 is 1.92 bits per heavy atom. The molecule has 3 heterocycles. The van der Waals surface area contributed by atoms with Crippen LogP contribution in [0.4, 0.5) is 0 Å². The van der Waals surface area contributed by atoms with Crippen molar-refractivity contribution in [1.82, 2.24) is 15.1 Å². The van der Waals surface area contributed by atoms with Crippen molar-refractivity contribution in [3.63, 3.8) is 0 Å². The minimum absolute atomic E-state index is 0.254. The van der Waals surface area contributed by atoms with Gasteiger partial charge in [-0.15, -0.1) is 11.3 Å². The van der Waals surface area contributed by atoms with Crippen LogP contribution in [0.25, 0.3) is 21.5 Å². The van der Waals surface area contributed by atoms with Gasteiger partial charge in [0.2, 0.25) is 5.88 Å². The predicted octanol–water partition coefficient (Wildman–Crippen LogP) is 4.55. The van der Waals surface area contributed by atoms with E-state index in [1.807, 2.05) is 30.3 Å². The summed E-state index contributed by atoms with van der Waals surface area (Å²) in [5.74, 6) is 2.00. The third-order valence-corrected chi connectivity index (χ3v) is 5.34. The van der Waals surface area contributed by atoms with E-state index in [0.717, 1.165) is 32.8 Å². The molecule has 1 aromatic carbocycles. The molecule has 0 radical (unpaired) electrons. The molecule has 0 aliphatic carbocycles. The highest BCUT2D eigenvalue weighted by atomic mass is 32.1. The van der Waals surface area contributed by atoms with Crippen LogP contribution in [0.5, 0.6) is 11.6 Å². The summed E-state index contributed by atoms with van der Waals surface area (Å²) < 4.78 is 16.5. The van der Waals surface area contributed by atoms with Crippen molar-refractivity contribution < 1.29 is 14.0 Å². The van der Waals surface area contributed by atoms with E-state index in [4.69, 9.17) is 14.0 Å². The average molecular weight is 367 g/mol. The summed E-state index contributed by atoms with van der Waals surface area (Å²) >= 11 is 1.64. The first-order chi connectivity index (χ1) is 12.7. The SMILES string of the molecule is COc1ccc(-c2cc(COc3ncnc4sc(C)c(C)c34)on2)cc1. The Hall–Kier alpha value is -2.93. The van der Waals surface area contributed by atoms with Crippen LogP contribution in [0.2, 0.25) is 0 Å². The van der Waals surface area contributed by atoms with E-state index < -0.39 is 0 Å². The van der Waals surface area contributed by atoms with Crippen LogP contribution < -0.4 is 9.47 Å². The van der Waals surface area contributed by atoms with E-state index in [1.165, 1.54) is 11.2 Å². The molecule has 7 heteroatoms. The fourth-order valence-electron chi connectivity index (χ4n) is 2.68. The average Bonchev–Trinajstić information content (AvgIpc) is 3.25. The van der Waals surface area contributed by atoms with Crippen LogP contribution in [-0.2, 0) is 6.61 Å². The number of fused-ring (bicyclic) bond motifs is 1. The first kappa shape index (κ1) is 16.5. The Morgan fingerprint density at radius 3 is 2.69 bits per heavy atom. The first-order valence-corrected chi connectivity index (χ1v) is 8.91. The lowest BCUT2D eigenvalue weighted by Crippen LogP contribution is -1.97. The number of aromatic nitrogens is 3. The predicted molar refractivity (Wildman–Crippen MR) is 99.7 cm³/mol. The lowest BCUT2D eigenvalue weighted by molar-refractivity contribution is 0.244. The Bertz CT molecular complexity index is 1050. The summed E-state index contributed by atoms with van der Waals surface area (Å²) in [4.78, 5) is 10.7. The van der Waals surface area contributed by atoms with Crippen molar-refractivity contribution in [2.24, 2.45) is 0 Å². The monoisotopic (exact) mass is 367 g/mol. The van der Waals surface area contributed by atoms with Crippen molar-refractivity contribution in [2.45, 2.75) is 20.5 Å². The van der Waals surface area contributed by atoms with Gasteiger partial charge in [0.25, 0.3) is 0 Å². The largest absolute Gasteiger partial charge is 0.497 e. The molecule has 0 aliphatic heterocycles. The molecule has 0 unspecified atom stereocenters. The summed E-state index contributed by atoms with van der Waals surface area (Å²) in [6, 6.07) is 9.52. The number of ether oxygens (including phenoxy) is 2. The molecular weight excluding hydrogens is 350 g/mol. The maximum absolute atomic E-state index is 5.89. The second-order valence-corrected chi connectivity index (χ2v) is 7.04. The van der Waals surface area contributed by atoms with Gasteiger partial charge in [0.05, 0.1) is 12.5 Å². The van der Waals surface area contributed by atoms with Crippen LogP contribution in [0.15, 0.2) is 41.2 Å². The van der Waals surface area contributed by atoms with Gasteiger partial charge in [-0.1, -0.05) is 5.16 Å². The number of aryl methyl sites for hydroxylation is 2. The van der Waals surface area contributed by atoms with Crippen molar-refractivity contribution in [3.8, 4) is 22.9 Å². The molecule has 3 aromatic heterocycles.